The Balaban J connectivity index is 0.00000210. The van der Waals surface area contributed by atoms with Gasteiger partial charge in [-0.05, 0) is 75.5 Å². The lowest BCUT2D eigenvalue weighted by atomic mass is 9.98. The van der Waals surface area contributed by atoms with Crippen LogP contribution in [0.4, 0.5) is 0 Å². The van der Waals surface area contributed by atoms with Crippen molar-refractivity contribution in [2.75, 3.05) is 26.2 Å². The van der Waals surface area contributed by atoms with Crippen LogP contribution in [0.25, 0.3) is 0 Å². The van der Waals surface area contributed by atoms with Crippen molar-refractivity contribution in [2.24, 2.45) is 5.92 Å². The van der Waals surface area contributed by atoms with Gasteiger partial charge in [0, 0.05) is 6.54 Å². The largest absolute Gasteiger partial charge is 0.490 e. The molecule has 0 aliphatic carbocycles. The van der Waals surface area contributed by atoms with Gasteiger partial charge in [0.05, 0.1) is 6.61 Å². The third-order valence-electron chi connectivity index (χ3n) is 5.04. The number of ether oxygens (including phenoxy) is 2. The number of nitrogens with one attached hydrogen (secondary N) is 2. The maximum absolute atomic E-state index is 6.02. The first-order valence-electron chi connectivity index (χ1n) is 10.1. The normalized spacial score (nSPS) is 13.9. The van der Waals surface area contributed by atoms with E-state index in [4.69, 9.17) is 9.47 Å². The summed E-state index contributed by atoms with van der Waals surface area (Å²) >= 11 is 0. The Hall–Kier alpha value is -1.46. The van der Waals surface area contributed by atoms with E-state index in [1.807, 2.05) is 13.0 Å². The lowest BCUT2D eigenvalue weighted by Gasteiger charge is -2.23. The summed E-state index contributed by atoms with van der Waals surface area (Å²) in [4.78, 5) is 0. The summed E-state index contributed by atoms with van der Waals surface area (Å²) in [6.45, 7) is 9.52. The average Bonchev–Trinajstić information content (AvgIpc) is 2.70. The van der Waals surface area contributed by atoms with Gasteiger partial charge >= 0.3 is 0 Å². The van der Waals surface area contributed by atoms with Crippen molar-refractivity contribution in [2.45, 2.75) is 39.8 Å². The van der Waals surface area contributed by atoms with Crippen LogP contribution in [0.3, 0.4) is 0 Å². The molecule has 6 heteroatoms. The predicted octanol–water partition coefficient (Wildman–Crippen LogP) is 4.91. The van der Waals surface area contributed by atoms with Gasteiger partial charge in [0.25, 0.3) is 0 Å². The number of piperidine rings is 1. The maximum atomic E-state index is 6.02. The molecule has 1 aliphatic rings. The van der Waals surface area contributed by atoms with Gasteiger partial charge in [0.15, 0.2) is 11.5 Å². The second-order valence-corrected chi connectivity index (χ2v) is 7.31. The number of hydrogen-bond acceptors (Lipinski definition) is 4. The topological polar surface area (TPSA) is 42.5 Å². The molecule has 1 fully saturated rings. The van der Waals surface area contributed by atoms with Crippen molar-refractivity contribution in [3.05, 3.63) is 59.2 Å². The number of aryl methyl sites for hydroxylation is 1. The second-order valence-electron chi connectivity index (χ2n) is 7.31. The molecule has 0 radical (unpaired) electrons. The summed E-state index contributed by atoms with van der Waals surface area (Å²) in [5, 5.41) is 7.02. The van der Waals surface area contributed by atoms with E-state index in [2.05, 4.69) is 54.0 Å². The summed E-state index contributed by atoms with van der Waals surface area (Å²) in [5.74, 6) is 2.42. The van der Waals surface area contributed by atoms with Gasteiger partial charge in [0.1, 0.15) is 6.61 Å². The molecule has 1 aliphatic heterocycles. The van der Waals surface area contributed by atoms with Crippen LogP contribution in [0.1, 0.15) is 36.5 Å². The Morgan fingerprint density at radius 3 is 2.31 bits per heavy atom. The lowest BCUT2D eigenvalue weighted by molar-refractivity contribution is 0.269. The fraction of sp³-hybridized carbons (Fsp3) is 0.478. The first-order valence-corrected chi connectivity index (χ1v) is 10.1. The molecule has 2 N–H and O–H groups in total. The Kier molecular flexibility index (Phi) is 12.1. The smallest absolute Gasteiger partial charge is 0.161 e. The van der Waals surface area contributed by atoms with Crippen molar-refractivity contribution in [1.82, 2.24) is 10.6 Å². The molecule has 162 valence electrons. The van der Waals surface area contributed by atoms with Crippen molar-refractivity contribution in [1.29, 1.82) is 0 Å². The molecule has 0 unspecified atom stereocenters. The van der Waals surface area contributed by atoms with E-state index in [1.165, 1.54) is 24.0 Å². The van der Waals surface area contributed by atoms with Crippen LogP contribution in [0.15, 0.2) is 42.5 Å². The SMILES string of the molecule is CCOc1cc(CNCC2CCNCC2)ccc1OCc1ccc(C)cc1.Cl.Cl. The summed E-state index contributed by atoms with van der Waals surface area (Å²) < 4.78 is 11.8. The molecule has 1 heterocycles. The van der Waals surface area contributed by atoms with Crippen LogP contribution in [0.5, 0.6) is 11.5 Å². The number of halogens is 2. The van der Waals surface area contributed by atoms with Crippen molar-refractivity contribution < 1.29 is 9.47 Å². The van der Waals surface area contributed by atoms with Gasteiger partial charge in [-0.1, -0.05) is 35.9 Å². The first-order chi connectivity index (χ1) is 13.2. The third-order valence-corrected chi connectivity index (χ3v) is 5.04. The number of benzene rings is 2. The second kappa shape index (κ2) is 13.7. The number of rotatable bonds is 9. The molecule has 0 amide bonds. The monoisotopic (exact) mass is 440 g/mol. The minimum atomic E-state index is 0. The summed E-state index contributed by atoms with van der Waals surface area (Å²) in [6.07, 6.45) is 2.53. The van der Waals surface area contributed by atoms with Gasteiger partial charge in [-0.2, -0.15) is 0 Å². The molecule has 1 saturated heterocycles. The Morgan fingerprint density at radius 2 is 1.62 bits per heavy atom. The highest BCUT2D eigenvalue weighted by atomic mass is 35.5. The van der Waals surface area contributed by atoms with E-state index in [0.717, 1.165) is 49.2 Å². The molecule has 0 bridgehead atoms. The molecule has 0 atom stereocenters. The summed E-state index contributed by atoms with van der Waals surface area (Å²) in [5.41, 5.74) is 3.65. The average molecular weight is 441 g/mol. The standard InChI is InChI=1S/C23H32N2O2.2ClH/c1-3-26-23-14-21(16-25-15-19-10-12-24-13-11-19)8-9-22(23)27-17-20-6-4-18(2)5-7-20;;/h4-9,14,19,24-25H,3,10-13,15-17H2,1-2H3;2*1H. The minimum Gasteiger partial charge on any atom is -0.490 e. The minimum absolute atomic E-state index is 0. The molecule has 0 aromatic heterocycles. The molecule has 2 aromatic carbocycles. The zero-order chi connectivity index (χ0) is 18.9. The van der Waals surface area contributed by atoms with E-state index in [0.29, 0.717) is 13.2 Å². The summed E-state index contributed by atoms with van der Waals surface area (Å²) in [6, 6.07) is 14.7. The van der Waals surface area contributed by atoms with Gasteiger partial charge in [-0.3, -0.25) is 0 Å². The van der Waals surface area contributed by atoms with Crippen LogP contribution in [-0.2, 0) is 13.2 Å². The molecule has 4 nitrogen and oxygen atoms in total. The molecule has 0 saturated carbocycles. The molecule has 3 rings (SSSR count). The van der Waals surface area contributed by atoms with Crippen LogP contribution in [-0.4, -0.2) is 26.2 Å². The van der Waals surface area contributed by atoms with E-state index in [1.54, 1.807) is 0 Å². The van der Waals surface area contributed by atoms with Gasteiger partial charge in [-0.15, -0.1) is 24.8 Å². The summed E-state index contributed by atoms with van der Waals surface area (Å²) in [7, 11) is 0. The highest BCUT2D eigenvalue weighted by Crippen LogP contribution is 2.29. The van der Waals surface area contributed by atoms with E-state index in [9.17, 15) is 0 Å². The van der Waals surface area contributed by atoms with Crippen LogP contribution in [0.2, 0.25) is 0 Å². The Labute approximate surface area is 187 Å². The molecular formula is C23H34Cl2N2O2. The van der Waals surface area contributed by atoms with Gasteiger partial charge < -0.3 is 20.1 Å². The number of hydrogen-bond donors (Lipinski definition) is 2. The van der Waals surface area contributed by atoms with Crippen LogP contribution < -0.4 is 20.1 Å². The zero-order valence-electron chi connectivity index (χ0n) is 17.4. The fourth-order valence-electron chi connectivity index (χ4n) is 3.40. The fourth-order valence-corrected chi connectivity index (χ4v) is 3.40. The Bertz CT molecular complexity index is 705. The maximum Gasteiger partial charge on any atom is 0.161 e. The van der Waals surface area contributed by atoms with Crippen LogP contribution >= 0.6 is 24.8 Å². The third kappa shape index (κ3) is 8.43. The highest BCUT2D eigenvalue weighted by molar-refractivity contribution is 5.85. The van der Waals surface area contributed by atoms with Crippen molar-refractivity contribution >= 4 is 24.8 Å². The predicted molar refractivity (Wildman–Crippen MR) is 125 cm³/mol. The first kappa shape index (κ1) is 25.6. The van der Waals surface area contributed by atoms with Crippen molar-refractivity contribution in [3.63, 3.8) is 0 Å². The van der Waals surface area contributed by atoms with Gasteiger partial charge in [-0.25, -0.2) is 0 Å². The zero-order valence-corrected chi connectivity index (χ0v) is 19.0. The van der Waals surface area contributed by atoms with E-state index < -0.39 is 0 Å². The lowest BCUT2D eigenvalue weighted by Crippen LogP contribution is -2.33. The molecule has 2 aromatic rings. The molecule has 0 spiro atoms. The molecular weight excluding hydrogens is 407 g/mol. The van der Waals surface area contributed by atoms with Gasteiger partial charge in [0.2, 0.25) is 0 Å². The van der Waals surface area contributed by atoms with Crippen molar-refractivity contribution in [3.8, 4) is 11.5 Å². The highest BCUT2D eigenvalue weighted by Gasteiger charge is 2.12. The van der Waals surface area contributed by atoms with E-state index in [-0.39, 0.29) is 24.8 Å². The quantitative estimate of drug-likeness (QED) is 0.581. The van der Waals surface area contributed by atoms with E-state index >= 15 is 0 Å². The van der Waals surface area contributed by atoms with Crippen LogP contribution in [0, 0.1) is 12.8 Å². The molecule has 29 heavy (non-hydrogen) atoms. The Morgan fingerprint density at radius 1 is 0.931 bits per heavy atom.